The van der Waals surface area contributed by atoms with E-state index in [1.165, 1.54) is 5.56 Å². The number of fused-ring (bicyclic) bond motifs is 1. The predicted octanol–water partition coefficient (Wildman–Crippen LogP) is 2.42. The lowest BCUT2D eigenvalue weighted by atomic mass is 10.1. The molecule has 1 aliphatic heterocycles. The average molecular weight is 280 g/mol. The fourth-order valence-electron chi connectivity index (χ4n) is 2.48. The first-order valence-electron chi connectivity index (χ1n) is 6.88. The van der Waals surface area contributed by atoms with Gasteiger partial charge in [0.25, 0.3) is 5.91 Å². The van der Waals surface area contributed by atoms with Crippen LogP contribution in [0.4, 0.5) is 5.69 Å². The lowest BCUT2D eigenvalue weighted by Gasteiger charge is -2.07. The van der Waals surface area contributed by atoms with Crippen LogP contribution in [-0.4, -0.2) is 11.8 Å². The molecular formula is C17H16N2O2. The van der Waals surface area contributed by atoms with Gasteiger partial charge in [-0.1, -0.05) is 29.8 Å². The first-order chi connectivity index (χ1) is 10.1. The standard InChI is InChI=1S/C17H16N2O2/c1-11-3-2-4-12(7-11)10-18-17(21)13-5-6-15-14(8-13)9-16(20)19-15/h2-8H,9-10H2,1H3,(H,18,21)(H,19,20). The van der Waals surface area contributed by atoms with Gasteiger partial charge in [0, 0.05) is 17.8 Å². The molecule has 1 heterocycles. The summed E-state index contributed by atoms with van der Waals surface area (Å²) in [5.74, 6) is -0.152. The highest BCUT2D eigenvalue weighted by molar-refractivity contribution is 6.01. The predicted molar refractivity (Wildman–Crippen MR) is 81.1 cm³/mol. The molecule has 0 saturated carbocycles. The van der Waals surface area contributed by atoms with Crippen molar-refractivity contribution in [1.82, 2.24) is 5.32 Å². The van der Waals surface area contributed by atoms with Crippen LogP contribution in [0.1, 0.15) is 27.0 Å². The SMILES string of the molecule is Cc1cccc(CNC(=O)c2ccc3c(c2)CC(=O)N3)c1. The second kappa shape index (κ2) is 5.40. The van der Waals surface area contributed by atoms with Crippen LogP contribution in [0.5, 0.6) is 0 Å². The van der Waals surface area contributed by atoms with Crippen molar-refractivity contribution in [3.05, 3.63) is 64.7 Å². The van der Waals surface area contributed by atoms with E-state index in [4.69, 9.17) is 0 Å². The van der Waals surface area contributed by atoms with Gasteiger partial charge in [0.1, 0.15) is 0 Å². The number of nitrogens with one attached hydrogen (secondary N) is 2. The van der Waals surface area contributed by atoms with Crippen molar-refractivity contribution in [2.24, 2.45) is 0 Å². The Morgan fingerprint density at radius 3 is 2.90 bits per heavy atom. The zero-order valence-electron chi connectivity index (χ0n) is 11.8. The Kier molecular flexibility index (Phi) is 3.44. The van der Waals surface area contributed by atoms with Crippen LogP contribution >= 0.6 is 0 Å². The molecule has 2 aromatic rings. The molecule has 0 atom stereocenters. The summed E-state index contributed by atoms with van der Waals surface area (Å²) in [6, 6.07) is 13.3. The molecule has 21 heavy (non-hydrogen) atoms. The number of anilines is 1. The van der Waals surface area contributed by atoms with E-state index < -0.39 is 0 Å². The monoisotopic (exact) mass is 280 g/mol. The summed E-state index contributed by atoms with van der Waals surface area (Å²) in [4.78, 5) is 23.5. The number of hydrogen-bond donors (Lipinski definition) is 2. The normalized spacial score (nSPS) is 12.7. The van der Waals surface area contributed by atoms with Gasteiger partial charge in [-0.15, -0.1) is 0 Å². The molecule has 2 aromatic carbocycles. The summed E-state index contributed by atoms with van der Waals surface area (Å²) < 4.78 is 0. The summed E-state index contributed by atoms with van der Waals surface area (Å²) in [6.45, 7) is 2.52. The molecule has 0 aliphatic carbocycles. The highest BCUT2D eigenvalue weighted by atomic mass is 16.2. The van der Waals surface area contributed by atoms with Crippen LogP contribution in [0, 0.1) is 6.92 Å². The molecule has 0 bridgehead atoms. The molecule has 4 heteroatoms. The fraction of sp³-hybridized carbons (Fsp3) is 0.176. The molecule has 2 N–H and O–H groups in total. The molecule has 0 unspecified atom stereocenters. The van der Waals surface area contributed by atoms with E-state index in [1.807, 2.05) is 31.2 Å². The number of benzene rings is 2. The summed E-state index contributed by atoms with van der Waals surface area (Å²) >= 11 is 0. The third-order valence-electron chi connectivity index (χ3n) is 3.53. The van der Waals surface area contributed by atoms with Gasteiger partial charge in [-0.3, -0.25) is 9.59 Å². The highest BCUT2D eigenvalue weighted by Gasteiger charge is 2.18. The zero-order valence-corrected chi connectivity index (χ0v) is 11.8. The minimum absolute atomic E-state index is 0.0256. The van der Waals surface area contributed by atoms with Crippen molar-refractivity contribution < 1.29 is 9.59 Å². The number of aryl methyl sites for hydroxylation is 1. The van der Waals surface area contributed by atoms with Gasteiger partial charge in [0.05, 0.1) is 6.42 Å². The molecule has 2 amide bonds. The summed E-state index contributed by atoms with van der Waals surface area (Å²) in [5.41, 5.74) is 4.50. The number of hydrogen-bond acceptors (Lipinski definition) is 2. The summed E-state index contributed by atoms with van der Waals surface area (Å²) in [7, 11) is 0. The summed E-state index contributed by atoms with van der Waals surface area (Å²) in [5, 5.41) is 5.66. The Balaban J connectivity index is 1.69. The lowest BCUT2D eigenvalue weighted by molar-refractivity contribution is -0.115. The Bertz CT molecular complexity index is 722. The minimum Gasteiger partial charge on any atom is -0.348 e. The van der Waals surface area contributed by atoms with Crippen molar-refractivity contribution in [3.8, 4) is 0 Å². The number of amides is 2. The Morgan fingerprint density at radius 2 is 2.10 bits per heavy atom. The van der Waals surface area contributed by atoms with Crippen molar-refractivity contribution >= 4 is 17.5 Å². The van der Waals surface area contributed by atoms with E-state index in [0.29, 0.717) is 18.5 Å². The number of carbonyl (C=O) groups is 2. The molecule has 3 rings (SSSR count). The zero-order chi connectivity index (χ0) is 14.8. The second-order valence-electron chi connectivity index (χ2n) is 5.27. The van der Waals surface area contributed by atoms with E-state index in [1.54, 1.807) is 18.2 Å². The Labute approximate surface area is 123 Å². The van der Waals surface area contributed by atoms with Crippen molar-refractivity contribution in [2.45, 2.75) is 19.9 Å². The maximum absolute atomic E-state index is 12.2. The van der Waals surface area contributed by atoms with Gasteiger partial charge in [-0.25, -0.2) is 0 Å². The molecule has 1 aliphatic rings. The molecule has 0 saturated heterocycles. The lowest BCUT2D eigenvalue weighted by Crippen LogP contribution is -2.22. The smallest absolute Gasteiger partial charge is 0.251 e. The van der Waals surface area contributed by atoms with E-state index in [0.717, 1.165) is 16.8 Å². The van der Waals surface area contributed by atoms with Gasteiger partial charge < -0.3 is 10.6 Å². The molecule has 4 nitrogen and oxygen atoms in total. The van der Waals surface area contributed by atoms with Gasteiger partial charge in [-0.2, -0.15) is 0 Å². The van der Waals surface area contributed by atoms with E-state index in [-0.39, 0.29) is 11.8 Å². The van der Waals surface area contributed by atoms with Gasteiger partial charge in [0.15, 0.2) is 0 Å². The van der Waals surface area contributed by atoms with E-state index >= 15 is 0 Å². The van der Waals surface area contributed by atoms with Crippen LogP contribution in [-0.2, 0) is 17.8 Å². The van der Waals surface area contributed by atoms with Crippen LogP contribution in [0.3, 0.4) is 0 Å². The Hall–Kier alpha value is -2.62. The fourth-order valence-corrected chi connectivity index (χ4v) is 2.48. The number of rotatable bonds is 3. The van der Waals surface area contributed by atoms with Crippen LogP contribution < -0.4 is 10.6 Å². The van der Waals surface area contributed by atoms with Crippen LogP contribution in [0.15, 0.2) is 42.5 Å². The molecular weight excluding hydrogens is 264 g/mol. The Morgan fingerprint density at radius 1 is 1.24 bits per heavy atom. The maximum Gasteiger partial charge on any atom is 0.251 e. The van der Waals surface area contributed by atoms with Gasteiger partial charge >= 0.3 is 0 Å². The van der Waals surface area contributed by atoms with E-state index in [2.05, 4.69) is 10.6 Å². The third kappa shape index (κ3) is 2.94. The first kappa shape index (κ1) is 13.4. The van der Waals surface area contributed by atoms with Crippen molar-refractivity contribution in [1.29, 1.82) is 0 Å². The van der Waals surface area contributed by atoms with Crippen molar-refractivity contribution in [2.75, 3.05) is 5.32 Å². The van der Waals surface area contributed by atoms with Crippen LogP contribution in [0.2, 0.25) is 0 Å². The minimum atomic E-state index is -0.126. The average Bonchev–Trinajstić information content (AvgIpc) is 2.84. The second-order valence-corrected chi connectivity index (χ2v) is 5.27. The largest absolute Gasteiger partial charge is 0.348 e. The van der Waals surface area contributed by atoms with Gasteiger partial charge in [-0.05, 0) is 36.2 Å². The quantitative estimate of drug-likeness (QED) is 0.907. The number of carbonyl (C=O) groups excluding carboxylic acids is 2. The molecule has 0 fully saturated rings. The van der Waals surface area contributed by atoms with E-state index in [9.17, 15) is 9.59 Å². The molecule has 0 spiro atoms. The van der Waals surface area contributed by atoms with Crippen LogP contribution in [0.25, 0.3) is 0 Å². The van der Waals surface area contributed by atoms with Crippen molar-refractivity contribution in [3.63, 3.8) is 0 Å². The highest BCUT2D eigenvalue weighted by Crippen LogP contribution is 2.23. The topological polar surface area (TPSA) is 58.2 Å². The maximum atomic E-state index is 12.2. The first-order valence-corrected chi connectivity index (χ1v) is 6.88. The molecule has 106 valence electrons. The third-order valence-corrected chi connectivity index (χ3v) is 3.53. The molecule has 0 radical (unpaired) electrons. The molecule has 0 aromatic heterocycles. The summed E-state index contributed by atoms with van der Waals surface area (Å²) in [6.07, 6.45) is 0.342. The van der Waals surface area contributed by atoms with Gasteiger partial charge in [0.2, 0.25) is 5.91 Å².